The van der Waals surface area contributed by atoms with Crippen molar-refractivity contribution >= 4 is 0 Å². The van der Waals surface area contributed by atoms with E-state index in [1.807, 2.05) is 0 Å². The second-order valence-electron chi connectivity index (χ2n) is 10.5. The summed E-state index contributed by atoms with van der Waals surface area (Å²) in [4.78, 5) is 12.4. The summed E-state index contributed by atoms with van der Waals surface area (Å²) in [5, 5.41) is 0. The fraction of sp³-hybridized carbons (Fsp3) is 0.483. The molecule has 0 N–H and O–H groups in total. The van der Waals surface area contributed by atoms with E-state index in [1.54, 1.807) is 0 Å². The Morgan fingerprint density at radius 3 is 2.31 bits per heavy atom. The lowest BCUT2D eigenvalue weighted by molar-refractivity contribution is 0.0337. The van der Waals surface area contributed by atoms with Crippen LogP contribution in [0.15, 0.2) is 48.7 Å². The molecule has 2 fully saturated rings. The van der Waals surface area contributed by atoms with Gasteiger partial charge in [0.15, 0.2) is 5.82 Å². The molecule has 0 spiro atoms. The van der Waals surface area contributed by atoms with Crippen LogP contribution in [0.2, 0.25) is 0 Å². The van der Waals surface area contributed by atoms with E-state index >= 15 is 0 Å². The summed E-state index contributed by atoms with van der Waals surface area (Å²) in [6.07, 6.45) is 2.17. The lowest BCUT2D eigenvalue weighted by Gasteiger charge is -2.36. The standard InChI is InChI=1S/C29H37N5O2/c1-22(2)33-11-9-31(10-12-33)18-23-3-5-24(6-4-23)25-7-8-27-28(17-25)36-21-29-30-26(20-34(27)29)19-32-13-15-35-16-14-32/h3-8,17,20,22H,9-16,18-19,21H2,1-2H3. The number of ether oxygens (including phenoxy) is 2. The summed E-state index contributed by atoms with van der Waals surface area (Å²) in [6.45, 7) is 15.1. The van der Waals surface area contributed by atoms with Gasteiger partial charge in [-0.3, -0.25) is 19.3 Å². The van der Waals surface area contributed by atoms with Gasteiger partial charge < -0.3 is 9.47 Å². The molecule has 3 aliphatic rings. The first kappa shape index (κ1) is 23.7. The molecule has 0 atom stereocenters. The van der Waals surface area contributed by atoms with Gasteiger partial charge in [0.2, 0.25) is 0 Å². The molecule has 0 saturated carbocycles. The van der Waals surface area contributed by atoms with E-state index in [9.17, 15) is 0 Å². The molecule has 2 saturated heterocycles. The fourth-order valence-corrected chi connectivity index (χ4v) is 5.50. The van der Waals surface area contributed by atoms with Crippen molar-refractivity contribution in [3.63, 3.8) is 0 Å². The second kappa shape index (κ2) is 10.3. The highest BCUT2D eigenvalue weighted by Gasteiger charge is 2.22. The third-order valence-electron chi connectivity index (χ3n) is 7.72. The van der Waals surface area contributed by atoms with Crippen LogP contribution in [0, 0.1) is 0 Å². The number of hydrogen-bond acceptors (Lipinski definition) is 6. The first-order valence-electron chi connectivity index (χ1n) is 13.3. The van der Waals surface area contributed by atoms with Crippen LogP contribution in [0.4, 0.5) is 0 Å². The van der Waals surface area contributed by atoms with Gasteiger partial charge in [0, 0.05) is 64.6 Å². The molecule has 0 unspecified atom stereocenters. The van der Waals surface area contributed by atoms with Crippen molar-refractivity contribution in [1.29, 1.82) is 0 Å². The van der Waals surface area contributed by atoms with E-state index in [0.717, 1.165) is 88.5 Å². The van der Waals surface area contributed by atoms with Crippen molar-refractivity contribution in [3.8, 4) is 22.6 Å². The number of hydrogen-bond donors (Lipinski definition) is 0. The Labute approximate surface area is 214 Å². The highest BCUT2D eigenvalue weighted by Crippen LogP contribution is 2.34. The van der Waals surface area contributed by atoms with Crippen molar-refractivity contribution in [3.05, 3.63) is 65.7 Å². The van der Waals surface area contributed by atoms with Crippen LogP contribution in [0.5, 0.6) is 5.75 Å². The fourth-order valence-electron chi connectivity index (χ4n) is 5.50. The molecule has 0 amide bonds. The van der Waals surface area contributed by atoms with Gasteiger partial charge in [-0.25, -0.2) is 4.98 Å². The minimum Gasteiger partial charge on any atom is -0.483 e. The molecule has 190 valence electrons. The largest absolute Gasteiger partial charge is 0.483 e. The monoisotopic (exact) mass is 487 g/mol. The molecule has 36 heavy (non-hydrogen) atoms. The maximum atomic E-state index is 6.14. The molecule has 3 aliphatic heterocycles. The molecule has 0 aliphatic carbocycles. The predicted octanol–water partition coefficient (Wildman–Crippen LogP) is 3.79. The van der Waals surface area contributed by atoms with Crippen molar-refractivity contribution in [2.24, 2.45) is 0 Å². The zero-order valence-corrected chi connectivity index (χ0v) is 21.5. The Kier molecular flexibility index (Phi) is 6.80. The van der Waals surface area contributed by atoms with Crippen molar-refractivity contribution in [2.75, 3.05) is 52.5 Å². The summed E-state index contributed by atoms with van der Waals surface area (Å²) in [6, 6.07) is 16.2. The first-order valence-corrected chi connectivity index (χ1v) is 13.3. The van der Waals surface area contributed by atoms with Gasteiger partial charge >= 0.3 is 0 Å². The quantitative estimate of drug-likeness (QED) is 0.527. The molecule has 7 heteroatoms. The van der Waals surface area contributed by atoms with E-state index in [-0.39, 0.29) is 0 Å². The van der Waals surface area contributed by atoms with Crippen molar-refractivity contribution in [1.82, 2.24) is 24.3 Å². The highest BCUT2D eigenvalue weighted by molar-refractivity contribution is 5.69. The minimum atomic E-state index is 0.503. The number of fused-ring (bicyclic) bond motifs is 3. The van der Waals surface area contributed by atoms with Crippen LogP contribution in [0.25, 0.3) is 16.8 Å². The van der Waals surface area contributed by atoms with E-state index in [4.69, 9.17) is 14.5 Å². The number of imidazole rings is 1. The topological polar surface area (TPSA) is 46.0 Å². The Bertz CT molecular complexity index is 1170. The summed E-state index contributed by atoms with van der Waals surface area (Å²) < 4.78 is 13.8. The number of nitrogens with zero attached hydrogens (tertiary/aromatic N) is 5. The number of aromatic nitrogens is 2. The SMILES string of the molecule is CC(C)N1CCN(Cc2ccc(-c3ccc4c(c3)OCc3nc(CN5CCOCC5)cn3-4)cc2)CC1. The molecule has 6 rings (SSSR count). The zero-order valence-electron chi connectivity index (χ0n) is 21.5. The zero-order chi connectivity index (χ0) is 24.5. The molecule has 4 heterocycles. The van der Waals surface area contributed by atoms with Crippen LogP contribution in [0.3, 0.4) is 0 Å². The van der Waals surface area contributed by atoms with Gasteiger partial charge in [0.05, 0.1) is 24.6 Å². The molecule has 0 bridgehead atoms. The molecular weight excluding hydrogens is 450 g/mol. The van der Waals surface area contributed by atoms with Crippen LogP contribution >= 0.6 is 0 Å². The van der Waals surface area contributed by atoms with E-state index in [2.05, 4.69) is 81.8 Å². The Hall–Kier alpha value is -2.71. The van der Waals surface area contributed by atoms with E-state index < -0.39 is 0 Å². The van der Waals surface area contributed by atoms with Crippen LogP contribution < -0.4 is 4.74 Å². The van der Waals surface area contributed by atoms with Gasteiger partial charge in [-0.15, -0.1) is 0 Å². The van der Waals surface area contributed by atoms with Gasteiger partial charge in [-0.2, -0.15) is 0 Å². The van der Waals surface area contributed by atoms with Gasteiger partial charge in [-0.1, -0.05) is 30.3 Å². The average molecular weight is 488 g/mol. The molecular formula is C29H37N5O2. The second-order valence-corrected chi connectivity index (χ2v) is 10.5. The predicted molar refractivity (Wildman–Crippen MR) is 141 cm³/mol. The van der Waals surface area contributed by atoms with E-state index in [0.29, 0.717) is 12.6 Å². The maximum Gasteiger partial charge on any atom is 0.151 e. The smallest absolute Gasteiger partial charge is 0.151 e. The summed E-state index contributed by atoms with van der Waals surface area (Å²) >= 11 is 0. The highest BCUT2D eigenvalue weighted by atomic mass is 16.5. The summed E-state index contributed by atoms with van der Waals surface area (Å²) in [5.41, 5.74) is 5.94. The van der Waals surface area contributed by atoms with Crippen molar-refractivity contribution in [2.45, 2.75) is 39.6 Å². The Morgan fingerprint density at radius 1 is 0.833 bits per heavy atom. The Balaban J connectivity index is 1.12. The lowest BCUT2D eigenvalue weighted by atomic mass is 10.0. The van der Waals surface area contributed by atoms with Crippen molar-refractivity contribution < 1.29 is 9.47 Å². The van der Waals surface area contributed by atoms with Crippen LogP contribution in [-0.4, -0.2) is 82.8 Å². The number of morpholine rings is 1. The lowest BCUT2D eigenvalue weighted by Crippen LogP contribution is -2.48. The van der Waals surface area contributed by atoms with Gasteiger partial charge in [0.1, 0.15) is 12.4 Å². The molecule has 7 nitrogen and oxygen atoms in total. The summed E-state index contributed by atoms with van der Waals surface area (Å²) in [5.74, 6) is 1.89. The third kappa shape index (κ3) is 5.06. The first-order chi connectivity index (χ1) is 17.6. The number of rotatable bonds is 6. The molecule has 3 aromatic rings. The third-order valence-corrected chi connectivity index (χ3v) is 7.72. The average Bonchev–Trinajstić information content (AvgIpc) is 3.32. The minimum absolute atomic E-state index is 0.503. The normalized spacial score (nSPS) is 19.2. The van der Waals surface area contributed by atoms with Crippen LogP contribution in [-0.2, 0) is 24.4 Å². The molecule has 0 radical (unpaired) electrons. The Morgan fingerprint density at radius 2 is 1.56 bits per heavy atom. The number of benzene rings is 2. The molecule has 1 aromatic heterocycles. The van der Waals surface area contributed by atoms with E-state index in [1.165, 1.54) is 16.7 Å². The maximum absolute atomic E-state index is 6.14. The molecule has 2 aromatic carbocycles. The van der Waals surface area contributed by atoms with Gasteiger partial charge in [0.25, 0.3) is 0 Å². The van der Waals surface area contributed by atoms with Crippen LogP contribution in [0.1, 0.15) is 30.9 Å². The summed E-state index contributed by atoms with van der Waals surface area (Å²) in [7, 11) is 0. The van der Waals surface area contributed by atoms with Gasteiger partial charge in [-0.05, 0) is 42.7 Å². The number of piperazine rings is 1.